The highest BCUT2D eigenvalue weighted by Crippen LogP contribution is 2.17. The van der Waals surface area contributed by atoms with Gasteiger partial charge in [-0.1, -0.05) is 42.5 Å². The number of benzene rings is 2. The van der Waals surface area contributed by atoms with Crippen molar-refractivity contribution >= 4 is 16.8 Å². The van der Waals surface area contributed by atoms with E-state index in [1.807, 2.05) is 30.5 Å². The molecule has 1 amide bonds. The summed E-state index contributed by atoms with van der Waals surface area (Å²) in [4.78, 5) is 15.2. The Hall–Kier alpha value is -2.59. The molecule has 3 N–H and O–H groups in total. The van der Waals surface area contributed by atoms with Crippen LogP contribution in [0.5, 0.6) is 0 Å². The average molecular weight is 335 g/mol. The summed E-state index contributed by atoms with van der Waals surface area (Å²) < 4.78 is 0. The van der Waals surface area contributed by atoms with Crippen molar-refractivity contribution in [3.05, 3.63) is 71.4 Å². The maximum absolute atomic E-state index is 12.0. The predicted octanol–water partition coefficient (Wildman–Crippen LogP) is 3.31. The van der Waals surface area contributed by atoms with E-state index in [2.05, 4.69) is 46.8 Å². The second-order valence-corrected chi connectivity index (χ2v) is 6.31. The number of para-hydroxylation sites is 1. The molecule has 3 rings (SSSR count). The summed E-state index contributed by atoms with van der Waals surface area (Å²) in [5, 5.41) is 7.57. The average Bonchev–Trinajstić information content (AvgIpc) is 3.03. The van der Waals surface area contributed by atoms with E-state index in [9.17, 15) is 4.79 Å². The summed E-state index contributed by atoms with van der Waals surface area (Å²) in [7, 11) is 0. The lowest BCUT2D eigenvalue weighted by Gasteiger charge is -2.08. The van der Waals surface area contributed by atoms with Gasteiger partial charge in [0.1, 0.15) is 0 Å². The third-order valence-corrected chi connectivity index (χ3v) is 4.50. The monoisotopic (exact) mass is 335 g/mol. The lowest BCUT2D eigenvalue weighted by atomic mass is 10.1. The molecule has 1 aromatic heterocycles. The van der Waals surface area contributed by atoms with Crippen molar-refractivity contribution < 1.29 is 4.79 Å². The first-order valence-corrected chi connectivity index (χ1v) is 8.81. The summed E-state index contributed by atoms with van der Waals surface area (Å²) in [5.41, 5.74) is 4.94. The number of aromatic amines is 1. The molecule has 0 unspecified atom stereocenters. The highest BCUT2D eigenvalue weighted by molar-refractivity contribution is 5.83. The number of aromatic nitrogens is 1. The van der Waals surface area contributed by atoms with Gasteiger partial charge in [-0.2, -0.15) is 0 Å². The van der Waals surface area contributed by atoms with Crippen LogP contribution in [0.25, 0.3) is 10.9 Å². The maximum Gasteiger partial charge on any atom is 0.221 e. The van der Waals surface area contributed by atoms with Crippen molar-refractivity contribution in [2.75, 3.05) is 13.1 Å². The largest absolute Gasteiger partial charge is 0.361 e. The maximum atomic E-state index is 12.0. The summed E-state index contributed by atoms with van der Waals surface area (Å²) in [5.74, 6) is 0.0946. The summed E-state index contributed by atoms with van der Waals surface area (Å²) in [6, 6.07) is 16.5. The lowest BCUT2D eigenvalue weighted by molar-refractivity contribution is -0.120. The van der Waals surface area contributed by atoms with E-state index in [1.54, 1.807) is 0 Å². The zero-order valence-electron chi connectivity index (χ0n) is 14.6. The van der Waals surface area contributed by atoms with Gasteiger partial charge in [-0.05, 0) is 36.1 Å². The first-order chi connectivity index (χ1) is 12.2. The fourth-order valence-corrected chi connectivity index (χ4v) is 3.00. The SMILES string of the molecule is Cc1ccccc1CNCCC(=O)NCCc1c[nH]c2ccccc12. The van der Waals surface area contributed by atoms with Crippen LogP contribution in [0.4, 0.5) is 0 Å². The van der Waals surface area contributed by atoms with Crippen molar-refractivity contribution in [2.24, 2.45) is 0 Å². The number of carbonyl (C=O) groups is 1. The first-order valence-electron chi connectivity index (χ1n) is 8.81. The smallest absolute Gasteiger partial charge is 0.221 e. The number of carbonyl (C=O) groups excluding carboxylic acids is 1. The predicted molar refractivity (Wildman–Crippen MR) is 103 cm³/mol. The molecule has 0 spiro atoms. The van der Waals surface area contributed by atoms with Crippen LogP contribution in [0, 0.1) is 6.92 Å². The number of hydrogen-bond acceptors (Lipinski definition) is 2. The minimum absolute atomic E-state index is 0.0946. The van der Waals surface area contributed by atoms with Crippen molar-refractivity contribution in [1.82, 2.24) is 15.6 Å². The van der Waals surface area contributed by atoms with Gasteiger partial charge in [-0.3, -0.25) is 4.79 Å². The molecule has 0 atom stereocenters. The third-order valence-electron chi connectivity index (χ3n) is 4.50. The van der Waals surface area contributed by atoms with Gasteiger partial charge < -0.3 is 15.6 Å². The number of nitrogens with one attached hydrogen (secondary N) is 3. The normalized spacial score (nSPS) is 10.9. The number of rotatable bonds is 8. The fraction of sp³-hybridized carbons (Fsp3) is 0.286. The summed E-state index contributed by atoms with van der Waals surface area (Å²) >= 11 is 0. The number of amides is 1. The Morgan fingerprint density at radius 3 is 2.68 bits per heavy atom. The Morgan fingerprint density at radius 1 is 1.00 bits per heavy atom. The van der Waals surface area contributed by atoms with Crippen LogP contribution in [0.1, 0.15) is 23.1 Å². The molecule has 2 aromatic carbocycles. The minimum Gasteiger partial charge on any atom is -0.361 e. The molecule has 25 heavy (non-hydrogen) atoms. The Morgan fingerprint density at radius 2 is 1.80 bits per heavy atom. The topological polar surface area (TPSA) is 56.9 Å². The van der Waals surface area contributed by atoms with Gasteiger partial charge in [0, 0.05) is 43.2 Å². The second kappa shape index (κ2) is 8.49. The van der Waals surface area contributed by atoms with Gasteiger partial charge in [0.2, 0.25) is 5.91 Å². The Kier molecular flexibility index (Phi) is 5.86. The highest BCUT2D eigenvalue weighted by atomic mass is 16.1. The van der Waals surface area contributed by atoms with Crippen LogP contribution < -0.4 is 10.6 Å². The molecule has 0 saturated heterocycles. The number of hydrogen-bond donors (Lipinski definition) is 3. The van der Waals surface area contributed by atoms with Crippen molar-refractivity contribution in [3.63, 3.8) is 0 Å². The molecule has 0 aliphatic rings. The van der Waals surface area contributed by atoms with Gasteiger partial charge in [0.15, 0.2) is 0 Å². The fourth-order valence-electron chi connectivity index (χ4n) is 3.00. The highest BCUT2D eigenvalue weighted by Gasteiger charge is 2.05. The van der Waals surface area contributed by atoms with Crippen molar-refractivity contribution in [1.29, 1.82) is 0 Å². The quantitative estimate of drug-likeness (QED) is 0.553. The molecule has 130 valence electrons. The van der Waals surface area contributed by atoms with Crippen LogP contribution >= 0.6 is 0 Å². The van der Waals surface area contributed by atoms with Gasteiger partial charge in [-0.15, -0.1) is 0 Å². The van der Waals surface area contributed by atoms with E-state index >= 15 is 0 Å². The molecule has 1 heterocycles. The van der Waals surface area contributed by atoms with E-state index in [0.717, 1.165) is 18.5 Å². The van der Waals surface area contributed by atoms with E-state index in [0.29, 0.717) is 19.5 Å². The van der Waals surface area contributed by atoms with E-state index in [1.165, 1.54) is 22.1 Å². The number of aryl methyl sites for hydroxylation is 1. The van der Waals surface area contributed by atoms with Crippen molar-refractivity contribution in [2.45, 2.75) is 26.3 Å². The molecular formula is C21H25N3O. The molecule has 0 aliphatic heterocycles. The molecule has 0 aliphatic carbocycles. The molecule has 4 heteroatoms. The van der Waals surface area contributed by atoms with E-state index in [4.69, 9.17) is 0 Å². The second-order valence-electron chi connectivity index (χ2n) is 6.31. The van der Waals surface area contributed by atoms with Crippen LogP contribution in [-0.4, -0.2) is 24.0 Å². The molecule has 0 fully saturated rings. The van der Waals surface area contributed by atoms with E-state index < -0.39 is 0 Å². The van der Waals surface area contributed by atoms with Gasteiger partial charge >= 0.3 is 0 Å². The Bertz CT molecular complexity index is 838. The van der Waals surface area contributed by atoms with E-state index in [-0.39, 0.29) is 5.91 Å². The standard InChI is InChI=1S/C21H25N3O/c1-16-6-2-3-7-17(16)14-22-12-11-21(25)23-13-10-18-15-24-20-9-5-4-8-19(18)20/h2-9,15,22,24H,10-14H2,1H3,(H,23,25). The molecule has 0 radical (unpaired) electrons. The number of H-pyrrole nitrogens is 1. The Labute approximate surface area is 148 Å². The zero-order valence-corrected chi connectivity index (χ0v) is 14.6. The Balaban J connectivity index is 1.35. The van der Waals surface area contributed by atoms with Crippen LogP contribution in [0.15, 0.2) is 54.7 Å². The van der Waals surface area contributed by atoms with Gasteiger partial charge in [0.25, 0.3) is 0 Å². The third kappa shape index (κ3) is 4.70. The summed E-state index contributed by atoms with van der Waals surface area (Å²) in [6.07, 6.45) is 3.37. The molecule has 3 aromatic rings. The lowest BCUT2D eigenvalue weighted by Crippen LogP contribution is -2.29. The van der Waals surface area contributed by atoms with Crippen LogP contribution in [0.2, 0.25) is 0 Å². The van der Waals surface area contributed by atoms with Crippen LogP contribution in [0.3, 0.4) is 0 Å². The van der Waals surface area contributed by atoms with Crippen molar-refractivity contribution in [3.8, 4) is 0 Å². The molecule has 0 saturated carbocycles. The molecular weight excluding hydrogens is 310 g/mol. The zero-order chi connectivity index (χ0) is 17.5. The minimum atomic E-state index is 0.0946. The van der Waals surface area contributed by atoms with Gasteiger partial charge in [-0.25, -0.2) is 0 Å². The number of fused-ring (bicyclic) bond motifs is 1. The van der Waals surface area contributed by atoms with Crippen LogP contribution in [-0.2, 0) is 17.8 Å². The summed E-state index contributed by atoms with van der Waals surface area (Å²) in [6.45, 7) is 4.26. The first kappa shape index (κ1) is 17.2. The molecule has 4 nitrogen and oxygen atoms in total. The molecule has 0 bridgehead atoms. The van der Waals surface area contributed by atoms with Gasteiger partial charge in [0.05, 0.1) is 0 Å².